The van der Waals surface area contributed by atoms with Crippen molar-refractivity contribution < 1.29 is 19.2 Å². The third kappa shape index (κ3) is 4.46. The van der Waals surface area contributed by atoms with Crippen LogP contribution in [0.3, 0.4) is 0 Å². The second kappa shape index (κ2) is 8.63. The molecule has 0 fully saturated rings. The maximum Gasteiger partial charge on any atom is 0.282 e. The number of halogens is 1. The molecule has 0 bridgehead atoms. The average molecular weight is 403 g/mol. The van der Waals surface area contributed by atoms with Crippen molar-refractivity contribution in [3.63, 3.8) is 0 Å². The van der Waals surface area contributed by atoms with Gasteiger partial charge in [0.05, 0.1) is 25.5 Å². The number of fused-ring (bicyclic) bond motifs is 1. The summed E-state index contributed by atoms with van der Waals surface area (Å²) in [6, 6.07) is 12.7. The molecule has 0 aromatic heterocycles. The number of quaternary nitrogens is 1. The Morgan fingerprint density at radius 1 is 1.32 bits per heavy atom. The molecule has 1 heterocycles. The van der Waals surface area contributed by atoms with Gasteiger partial charge in [-0.1, -0.05) is 23.7 Å². The normalized spacial score (nSPS) is 17.4. The fourth-order valence-electron chi connectivity index (χ4n) is 3.58. The number of para-hydroxylation sites is 2. The zero-order chi connectivity index (χ0) is 20.3. The molecule has 1 aliphatic heterocycles. The van der Waals surface area contributed by atoms with Crippen molar-refractivity contribution in [1.29, 1.82) is 0 Å². The van der Waals surface area contributed by atoms with Gasteiger partial charge >= 0.3 is 0 Å². The summed E-state index contributed by atoms with van der Waals surface area (Å²) in [6.07, 6.45) is 0.265. The molecule has 2 N–H and O–H groups in total. The second-order valence-electron chi connectivity index (χ2n) is 7.15. The van der Waals surface area contributed by atoms with Gasteiger partial charge in [-0.05, 0) is 37.3 Å². The fourth-order valence-corrected chi connectivity index (χ4v) is 3.78. The summed E-state index contributed by atoms with van der Waals surface area (Å²) in [5, 5.41) is 3.52. The zero-order valence-electron chi connectivity index (χ0n) is 16.3. The maximum atomic E-state index is 13.2. The molecule has 0 saturated heterocycles. The Labute approximate surface area is 170 Å². The molecule has 0 aliphatic carbocycles. The minimum absolute atomic E-state index is 0.0325. The van der Waals surface area contributed by atoms with E-state index in [-0.39, 0.29) is 30.8 Å². The van der Waals surface area contributed by atoms with Crippen LogP contribution in [-0.4, -0.2) is 38.6 Å². The number of nitrogens with zero attached hydrogens (tertiary/aromatic N) is 1. The molecule has 2 aromatic carbocycles. The van der Waals surface area contributed by atoms with Crippen molar-refractivity contribution in [1.82, 2.24) is 0 Å². The Bertz CT molecular complexity index is 887. The molecule has 1 aliphatic rings. The lowest BCUT2D eigenvalue weighted by Crippen LogP contribution is -3.09. The Balaban J connectivity index is 1.78. The molecule has 0 saturated carbocycles. The van der Waals surface area contributed by atoms with Crippen molar-refractivity contribution >= 4 is 34.8 Å². The van der Waals surface area contributed by atoms with Crippen LogP contribution in [0.25, 0.3) is 0 Å². The first-order chi connectivity index (χ1) is 13.4. The number of hydrogen-bond acceptors (Lipinski definition) is 3. The van der Waals surface area contributed by atoms with Gasteiger partial charge in [0.25, 0.3) is 5.91 Å². The number of ether oxygens (including phenoxy) is 1. The molecule has 2 amide bonds. The van der Waals surface area contributed by atoms with Gasteiger partial charge in [0, 0.05) is 23.0 Å². The van der Waals surface area contributed by atoms with Crippen LogP contribution in [0.5, 0.6) is 5.75 Å². The second-order valence-corrected chi connectivity index (χ2v) is 7.59. The SMILES string of the molecule is COc1ccc(Cl)cc1C[NH+](C)CC(=O)N1c2ccccc2NC(=O)C[C@H]1C. The van der Waals surface area contributed by atoms with Crippen molar-refractivity contribution in [2.75, 3.05) is 30.9 Å². The molecule has 28 heavy (non-hydrogen) atoms. The van der Waals surface area contributed by atoms with Crippen molar-refractivity contribution in [3.05, 3.63) is 53.1 Å². The smallest absolute Gasteiger partial charge is 0.282 e. The van der Waals surface area contributed by atoms with E-state index < -0.39 is 0 Å². The zero-order valence-corrected chi connectivity index (χ0v) is 17.0. The molecule has 2 atom stereocenters. The molecule has 0 spiro atoms. The molecule has 1 unspecified atom stereocenters. The quantitative estimate of drug-likeness (QED) is 0.805. The molecular formula is C21H25ClN3O3+. The molecule has 7 heteroatoms. The minimum atomic E-state index is -0.218. The summed E-state index contributed by atoms with van der Waals surface area (Å²) >= 11 is 6.11. The molecule has 2 aromatic rings. The highest BCUT2D eigenvalue weighted by atomic mass is 35.5. The van der Waals surface area contributed by atoms with Gasteiger partial charge in [0.2, 0.25) is 5.91 Å². The highest BCUT2D eigenvalue weighted by Crippen LogP contribution is 2.31. The Hall–Kier alpha value is -2.57. The lowest BCUT2D eigenvalue weighted by Gasteiger charge is -2.28. The summed E-state index contributed by atoms with van der Waals surface area (Å²) in [6.45, 7) is 2.77. The first kappa shape index (κ1) is 20.2. The van der Waals surface area contributed by atoms with E-state index in [0.29, 0.717) is 17.3 Å². The highest BCUT2D eigenvalue weighted by Gasteiger charge is 2.31. The Morgan fingerprint density at radius 2 is 2.07 bits per heavy atom. The molecule has 148 valence electrons. The van der Waals surface area contributed by atoms with E-state index in [2.05, 4.69) is 5.32 Å². The summed E-state index contributed by atoms with van der Waals surface area (Å²) in [4.78, 5) is 28.0. The van der Waals surface area contributed by atoms with E-state index in [9.17, 15) is 9.59 Å². The van der Waals surface area contributed by atoms with Crippen LogP contribution in [0.2, 0.25) is 5.02 Å². The van der Waals surface area contributed by atoms with Gasteiger partial charge in [-0.15, -0.1) is 0 Å². The van der Waals surface area contributed by atoms with Gasteiger partial charge in [-0.2, -0.15) is 0 Å². The topological polar surface area (TPSA) is 63.1 Å². The number of nitrogens with one attached hydrogen (secondary N) is 2. The molecule has 0 radical (unpaired) electrons. The molecule has 6 nitrogen and oxygen atoms in total. The van der Waals surface area contributed by atoms with E-state index in [1.807, 2.05) is 50.4 Å². The summed E-state index contributed by atoms with van der Waals surface area (Å²) in [5.74, 6) is 0.633. The van der Waals surface area contributed by atoms with Crippen molar-refractivity contribution in [3.8, 4) is 5.75 Å². The first-order valence-electron chi connectivity index (χ1n) is 9.23. The van der Waals surface area contributed by atoms with E-state index in [0.717, 1.165) is 21.9 Å². The van der Waals surface area contributed by atoms with Gasteiger partial charge in [-0.3, -0.25) is 9.59 Å². The van der Waals surface area contributed by atoms with Crippen LogP contribution in [0, 0.1) is 0 Å². The van der Waals surface area contributed by atoms with E-state index in [1.54, 1.807) is 18.1 Å². The van der Waals surface area contributed by atoms with Gasteiger partial charge < -0.3 is 19.9 Å². The van der Waals surface area contributed by atoms with Gasteiger partial charge in [0.15, 0.2) is 6.54 Å². The van der Waals surface area contributed by atoms with Gasteiger partial charge in [-0.25, -0.2) is 0 Å². The van der Waals surface area contributed by atoms with Crippen LogP contribution in [0.15, 0.2) is 42.5 Å². The maximum absolute atomic E-state index is 13.2. The van der Waals surface area contributed by atoms with Crippen molar-refractivity contribution in [2.24, 2.45) is 0 Å². The van der Waals surface area contributed by atoms with Crippen LogP contribution in [-0.2, 0) is 16.1 Å². The Morgan fingerprint density at radius 3 is 2.82 bits per heavy atom. The number of carbonyl (C=O) groups excluding carboxylic acids is 2. The average Bonchev–Trinajstić information content (AvgIpc) is 2.75. The lowest BCUT2D eigenvalue weighted by molar-refractivity contribution is -0.885. The fraction of sp³-hybridized carbons (Fsp3) is 0.333. The van der Waals surface area contributed by atoms with E-state index in [4.69, 9.17) is 16.3 Å². The van der Waals surface area contributed by atoms with Crippen LogP contribution < -0.4 is 19.9 Å². The standard InChI is InChI=1S/C21H24ClN3O3/c1-14-10-20(26)23-17-6-4-5-7-18(17)25(14)21(27)13-24(2)12-15-11-16(22)8-9-19(15)28-3/h4-9,11,14H,10,12-13H2,1-3H3,(H,23,26)/p+1/t14-/m1/s1. The van der Waals surface area contributed by atoms with E-state index >= 15 is 0 Å². The summed E-state index contributed by atoms with van der Waals surface area (Å²) in [5.41, 5.74) is 2.35. The molecular weight excluding hydrogens is 378 g/mol. The third-order valence-corrected chi connectivity index (χ3v) is 5.05. The lowest BCUT2D eigenvalue weighted by atomic mass is 10.1. The summed E-state index contributed by atoms with van der Waals surface area (Å²) in [7, 11) is 3.57. The van der Waals surface area contributed by atoms with Crippen LogP contribution >= 0.6 is 11.6 Å². The number of amides is 2. The predicted octanol–water partition coefficient (Wildman–Crippen LogP) is 2.13. The number of likely N-dealkylation sites (N-methyl/N-ethyl adjacent to an activating group) is 1. The number of benzene rings is 2. The van der Waals surface area contributed by atoms with E-state index in [1.165, 1.54) is 0 Å². The Kier molecular flexibility index (Phi) is 6.21. The minimum Gasteiger partial charge on any atom is -0.496 e. The van der Waals surface area contributed by atoms with Crippen LogP contribution in [0.1, 0.15) is 18.9 Å². The number of anilines is 2. The number of carbonyl (C=O) groups is 2. The number of rotatable bonds is 5. The van der Waals surface area contributed by atoms with Gasteiger partial charge in [0.1, 0.15) is 12.3 Å². The number of hydrogen-bond donors (Lipinski definition) is 2. The van der Waals surface area contributed by atoms with Crippen LogP contribution in [0.4, 0.5) is 11.4 Å². The highest BCUT2D eigenvalue weighted by molar-refractivity contribution is 6.30. The first-order valence-corrected chi connectivity index (χ1v) is 9.61. The predicted molar refractivity (Wildman–Crippen MR) is 110 cm³/mol. The summed E-state index contributed by atoms with van der Waals surface area (Å²) < 4.78 is 5.40. The third-order valence-electron chi connectivity index (χ3n) is 4.82. The monoisotopic (exact) mass is 402 g/mol. The molecule has 3 rings (SSSR count). The number of methoxy groups -OCH3 is 1. The largest absolute Gasteiger partial charge is 0.496 e. The van der Waals surface area contributed by atoms with Crippen molar-refractivity contribution in [2.45, 2.75) is 25.9 Å².